The summed E-state index contributed by atoms with van der Waals surface area (Å²) in [5.74, 6) is -1.32. The van der Waals surface area contributed by atoms with Gasteiger partial charge in [0.25, 0.3) is 0 Å². The molecule has 1 amide bonds. The molecule has 4 rings (SSSR count). The van der Waals surface area contributed by atoms with E-state index in [1.54, 1.807) is 12.1 Å². The molecule has 182 valence electrons. The highest BCUT2D eigenvalue weighted by Gasteiger charge is 2.33. The molecule has 0 bridgehead atoms. The predicted octanol–water partition coefficient (Wildman–Crippen LogP) is 4.13. The molecule has 1 aliphatic carbocycles. The zero-order chi connectivity index (χ0) is 25.0. The Labute approximate surface area is 201 Å². The summed E-state index contributed by atoms with van der Waals surface area (Å²) in [7, 11) is -3.71. The summed E-state index contributed by atoms with van der Waals surface area (Å²) >= 11 is 0. The third kappa shape index (κ3) is 5.71. The Hall–Kier alpha value is -3.65. The summed E-state index contributed by atoms with van der Waals surface area (Å²) < 4.78 is 26.0. The number of hydrogen-bond acceptors (Lipinski definition) is 7. The van der Waals surface area contributed by atoms with Crippen molar-refractivity contribution >= 4 is 19.9 Å². The molecule has 0 saturated heterocycles. The van der Waals surface area contributed by atoms with Crippen molar-refractivity contribution in [2.45, 2.75) is 18.4 Å². The third-order valence-electron chi connectivity index (χ3n) is 5.73. The molecular formula is C25H24NO8P. The fourth-order valence-electron chi connectivity index (χ4n) is 4.06. The minimum absolute atomic E-state index is 0.0246. The van der Waals surface area contributed by atoms with Gasteiger partial charge in [-0.3, -0.25) is 9.42 Å². The van der Waals surface area contributed by atoms with Gasteiger partial charge in [-0.1, -0.05) is 60.7 Å². The fourth-order valence-corrected chi connectivity index (χ4v) is 4.49. The summed E-state index contributed by atoms with van der Waals surface area (Å²) in [5.41, 5.74) is 4.77. The van der Waals surface area contributed by atoms with Gasteiger partial charge >= 0.3 is 19.9 Å². The second kappa shape index (κ2) is 10.3. The Morgan fingerprint density at radius 1 is 0.971 bits per heavy atom. The van der Waals surface area contributed by atoms with E-state index in [1.165, 1.54) is 12.1 Å². The van der Waals surface area contributed by atoms with E-state index in [-0.39, 0.29) is 24.7 Å². The largest absolute Gasteiger partial charge is 0.529 e. The van der Waals surface area contributed by atoms with Crippen molar-refractivity contribution in [1.82, 2.24) is 5.32 Å². The minimum Gasteiger partial charge on any atom is -0.508 e. The molecule has 0 aromatic heterocycles. The van der Waals surface area contributed by atoms with Crippen LogP contribution in [-0.2, 0) is 29.6 Å². The number of fused-ring (bicyclic) bond motifs is 3. The first kappa shape index (κ1) is 24.5. The van der Waals surface area contributed by atoms with Crippen LogP contribution in [0.3, 0.4) is 0 Å². The number of carbonyl (C=O) groups excluding carboxylic acids is 2. The van der Waals surface area contributed by atoms with Crippen LogP contribution in [0.5, 0.6) is 5.75 Å². The van der Waals surface area contributed by atoms with Gasteiger partial charge in [0.1, 0.15) is 18.4 Å². The maximum absolute atomic E-state index is 12.7. The highest BCUT2D eigenvalue weighted by molar-refractivity contribution is 7.48. The smallest absolute Gasteiger partial charge is 0.508 e. The number of phosphoric ester groups is 1. The predicted molar refractivity (Wildman–Crippen MR) is 127 cm³/mol. The minimum atomic E-state index is -4.63. The summed E-state index contributed by atoms with van der Waals surface area (Å²) in [4.78, 5) is 34.8. The summed E-state index contributed by atoms with van der Waals surface area (Å²) in [5, 5.41) is 11.9. The average Bonchev–Trinajstić information content (AvgIpc) is 3.17. The van der Waals surface area contributed by atoms with Gasteiger partial charge in [0.2, 0.25) is 0 Å². The first-order chi connectivity index (χ1) is 16.8. The van der Waals surface area contributed by atoms with Gasteiger partial charge in [0.05, 0.1) is 0 Å². The molecule has 3 aromatic rings. The zero-order valence-electron chi connectivity index (χ0n) is 18.8. The Kier molecular flexibility index (Phi) is 7.21. The van der Waals surface area contributed by atoms with E-state index in [1.807, 2.05) is 48.5 Å². The number of rotatable bonds is 8. The molecule has 1 unspecified atom stereocenters. The molecule has 1 aliphatic rings. The van der Waals surface area contributed by atoms with E-state index in [0.717, 1.165) is 29.4 Å². The van der Waals surface area contributed by atoms with Crippen LogP contribution in [-0.4, -0.2) is 41.8 Å². The standard InChI is InChI=1S/C25H24NO8P/c1-32-35(30,31)34-24(28)23(14-16-10-12-17(27)13-11-16)26-25(29)33-15-22-20-8-4-2-6-18(20)19-7-3-5-9-21(19)22/h2-13,22-23,27H,14-15H2,1H3,(H,26,29)(H,30,31)/t23-/m0/s1. The van der Waals surface area contributed by atoms with Gasteiger partial charge < -0.3 is 19.7 Å². The lowest BCUT2D eigenvalue weighted by Crippen LogP contribution is -2.43. The van der Waals surface area contributed by atoms with Crippen molar-refractivity contribution in [3.05, 3.63) is 89.5 Å². The van der Waals surface area contributed by atoms with Crippen LogP contribution in [0.1, 0.15) is 22.6 Å². The van der Waals surface area contributed by atoms with Gasteiger partial charge in [-0.15, -0.1) is 0 Å². The highest BCUT2D eigenvalue weighted by atomic mass is 31.2. The highest BCUT2D eigenvalue weighted by Crippen LogP contribution is 2.44. The monoisotopic (exact) mass is 497 g/mol. The van der Waals surface area contributed by atoms with Crippen molar-refractivity contribution in [1.29, 1.82) is 0 Å². The van der Waals surface area contributed by atoms with E-state index in [2.05, 4.69) is 14.4 Å². The topological polar surface area (TPSA) is 131 Å². The van der Waals surface area contributed by atoms with Gasteiger partial charge in [0.15, 0.2) is 0 Å². The average molecular weight is 497 g/mol. The van der Waals surface area contributed by atoms with Crippen molar-refractivity contribution in [2.24, 2.45) is 0 Å². The first-order valence-corrected chi connectivity index (χ1v) is 12.3. The van der Waals surface area contributed by atoms with Crippen molar-refractivity contribution < 1.29 is 37.9 Å². The molecule has 3 aromatic carbocycles. The molecule has 0 saturated carbocycles. The normalized spacial score (nSPS) is 14.8. The van der Waals surface area contributed by atoms with Crippen LogP contribution < -0.4 is 5.32 Å². The number of phenols is 1. The Morgan fingerprint density at radius 2 is 1.54 bits per heavy atom. The summed E-state index contributed by atoms with van der Waals surface area (Å²) in [6.07, 6.45) is -0.967. The lowest BCUT2D eigenvalue weighted by Gasteiger charge is -2.20. The van der Waals surface area contributed by atoms with E-state index in [9.17, 15) is 24.2 Å². The van der Waals surface area contributed by atoms with E-state index < -0.39 is 25.9 Å². The number of hydrogen-bond donors (Lipinski definition) is 3. The van der Waals surface area contributed by atoms with Gasteiger partial charge in [-0.05, 0) is 39.9 Å². The summed E-state index contributed by atoms with van der Waals surface area (Å²) in [6, 6.07) is 20.3. The van der Waals surface area contributed by atoms with Gasteiger partial charge in [-0.25, -0.2) is 14.2 Å². The maximum Gasteiger partial charge on any atom is 0.529 e. The number of phenolic OH excluding ortho intramolecular Hbond substituents is 1. The number of ether oxygens (including phenoxy) is 1. The zero-order valence-corrected chi connectivity index (χ0v) is 19.7. The van der Waals surface area contributed by atoms with Crippen LogP contribution in [0.15, 0.2) is 72.8 Å². The van der Waals surface area contributed by atoms with Crippen molar-refractivity contribution in [2.75, 3.05) is 13.7 Å². The lowest BCUT2D eigenvalue weighted by molar-refractivity contribution is -0.138. The lowest BCUT2D eigenvalue weighted by atomic mass is 9.98. The van der Waals surface area contributed by atoms with Crippen LogP contribution in [0.25, 0.3) is 11.1 Å². The molecule has 9 nitrogen and oxygen atoms in total. The second-order valence-corrected chi connectivity index (χ2v) is 9.44. The van der Waals surface area contributed by atoms with Crippen LogP contribution in [0, 0.1) is 0 Å². The quantitative estimate of drug-likeness (QED) is 0.396. The Bertz CT molecular complexity index is 1230. The maximum atomic E-state index is 12.7. The number of benzene rings is 3. The van der Waals surface area contributed by atoms with Gasteiger partial charge in [0, 0.05) is 19.4 Å². The molecule has 35 heavy (non-hydrogen) atoms. The number of phosphoric acid groups is 1. The Balaban J connectivity index is 1.47. The third-order valence-corrected chi connectivity index (χ3v) is 6.60. The number of amides is 1. The molecule has 3 N–H and O–H groups in total. The number of nitrogens with one attached hydrogen (secondary N) is 1. The molecule has 0 fully saturated rings. The molecule has 10 heteroatoms. The van der Waals surface area contributed by atoms with E-state index >= 15 is 0 Å². The van der Waals surface area contributed by atoms with Crippen LogP contribution in [0.4, 0.5) is 4.79 Å². The van der Waals surface area contributed by atoms with Gasteiger partial charge in [-0.2, -0.15) is 0 Å². The van der Waals surface area contributed by atoms with Crippen LogP contribution >= 0.6 is 7.82 Å². The second-order valence-electron chi connectivity index (χ2n) is 7.95. The molecule has 2 atom stereocenters. The van der Waals surface area contributed by atoms with Crippen molar-refractivity contribution in [3.63, 3.8) is 0 Å². The molecule has 0 radical (unpaired) electrons. The number of carbonyl (C=O) groups is 2. The van der Waals surface area contributed by atoms with E-state index in [4.69, 9.17) is 4.74 Å². The fraction of sp³-hybridized carbons (Fsp3) is 0.200. The Morgan fingerprint density at radius 3 is 2.11 bits per heavy atom. The molecular weight excluding hydrogens is 473 g/mol. The van der Waals surface area contributed by atoms with Crippen molar-refractivity contribution in [3.8, 4) is 16.9 Å². The molecule has 0 heterocycles. The first-order valence-electron chi connectivity index (χ1n) is 10.8. The van der Waals surface area contributed by atoms with E-state index in [0.29, 0.717) is 5.56 Å². The van der Waals surface area contributed by atoms with Crippen LogP contribution in [0.2, 0.25) is 0 Å². The number of aromatic hydroxyl groups is 1. The SMILES string of the molecule is COP(=O)(O)OC(=O)[C@H](Cc1ccc(O)cc1)NC(=O)OCC1c2ccccc2-c2ccccc21. The number of alkyl carbamates (subject to hydrolysis) is 1. The molecule has 0 aliphatic heterocycles. The summed E-state index contributed by atoms with van der Waals surface area (Å²) in [6.45, 7) is 0.0252. The molecule has 0 spiro atoms.